The van der Waals surface area contributed by atoms with Gasteiger partial charge in [0.05, 0.1) is 17.2 Å². The van der Waals surface area contributed by atoms with Crippen LogP contribution < -0.4 is 9.64 Å². The second-order valence-electron chi connectivity index (χ2n) is 6.21. The van der Waals surface area contributed by atoms with Gasteiger partial charge in [0.25, 0.3) is 5.91 Å². The van der Waals surface area contributed by atoms with Crippen molar-refractivity contribution >= 4 is 27.3 Å². The minimum absolute atomic E-state index is 0.0146. The maximum atomic E-state index is 12.6. The van der Waals surface area contributed by atoms with Crippen LogP contribution in [-0.4, -0.2) is 62.4 Å². The van der Waals surface area contributed by atoms with Crippen LogP contribution in [0.5, 0.6) is 5.75 Å². The Morgan fingerprint density at radius 3 is 2.75 bits per heavy atom. The van der Waals surface area contributed by atoms with Crippen molar-refractivity contribution in [3.8, 4) is 5.75 Å². The molecule has 0 aromatic heterocycles. The molecule has 8 heteroatoms. The van der Waals surface area contributed by atoms with E-state index >= 15 is 0 Å². The molecule has 0 bridgehead atoms. The predicted octanol–water partition coefficient (Wildman–Crippen LogP) is 0.446. The number of para-hydroxylation sites is 2. The maximum Gasteiger partial charge on any atom is 0.268 e. The zero-order valence-electron chi connectivity index (χ0n) is 13.6. The summed E-state index contributed by atoms with van der Waals surface area (Å²) in [4.78, 5) is 27.8. The highest BCUT2D eigenvalue weighted by molar-refractivity contribution is 7.91. The molecular weight excluding hydrogens is 332 g/mol. The van der Waals surface area contributed by atoms with Crippen LogP contribution in [0.3, 0.4) is 0 Å². The summed E-state index contributed by atoms with van der Waals surface area (Å²) in [5.41, 5.74) is 0.557. The number of benzene rings is 1. The second kappa shape index (κ2) is 6.08. The molecule has 0 spiro atoms. The number of amides is 2. The van der Waals surface area contributed by atoms with Gasteiger partial charge in [-0.25, -0.2) is 8.42 Å². The molecule has 0 saturated carbocycles. The summed E-state index contributed by atoms with van der Waals surface area (Å²) < 4.78 is 28.7. The van der Waals surface area contributed by atoms with Gasteiger partial charge in [0.2, 0.25) is 5.91 Å². The lowest BCUT2D eigenvalue weighted by Crippen LogP contribution is -2.50. The van der Waals surface area contributed by atoms with Gasteiger partial charge in [-0.3, -0.25) is 14.5 Å². The fourth-order valence-electron chi connectivity index (χ4n) is 3.05. The van der Waals surface area contributed by atoms with Crippen LogP contribution in [0.1, 0.15) is 13.3 Å². The Hall–Kier alpha value is -2.09. The van der Waals surface area contributed by atoms with E-state index in [1.807, 2.05) is 0 Å². The summed E-state index contributed by atoms with van der Waals surface area (Å²) >= 11 is 0. The molecule has 24 heavy (non-hydrogen) atoms. The smallest absolute Gasteiger partial charge is 0.268 e. The van der Waals surface area contributed by atoms with E-state index in [9.17, 15) is 18.0 Å². The Morgan fingerprint density at radius 1 is 1.38 bits per heavy atom. The highest BCUT2D eigenvalue weighted by atomic mass is 32.2. The summed E-state index contributed by atoms with van der Waals surface area (Å²) in [6.07, 6.45) is -0.223. The molecule has 2 aliphatic rings. The molecule has 1 aromatic rings. The first-order chi connectivity index (χ1) is 11.3. The van der Waals surface area contributed by atoms with Crippen LogP contribution in [-0.2, 0) is 19.4 Å². The predicted molar refractivity (Wildman–Crippen MR) is 88.7 cm³/mol. The molecule has 1 aromatic carbocycles. The van der Waals surface area contributed by atoms with Crippen LogP contribution in [0.4, 0.5) is 5.69 Å². The number of nitrogens with zero attached hydrogens (tertiary/aromatic N) is 2. The summed E-state index contributed by atoms with van der Waals surface area (Å²) in [5, 5.41) is 0. The van der Waals surface area contributed by atoms with Gasteiger partial charge < -0.3 is 9.64 Å². The zero-order valence-corrected chi connectivity index (χ0v) is 14.5. The number of sulfone groups is 1. The van der Waals surface area contributed by atoms with E-state index in [4.69, 9.17) is 4.74 Å². The minimum atomic E-state index is -3.07. The highest BCUT2D eigenvalue weighted by Crippen LogP contribution is 2.33. The van der Waals surface area contributed by atoms with E-state index in [2.05, 4.69) is 0 Å². The van der Waals surface area contributed by atoms with Crippen LogP contribution in [0.25, 0.3) is 0 Å². The molecule has 0 unspecified atom stereocenters. The van der Waals surface area contributed by atoms with E-state index in [1.165, 1.54) is 9.80 Å². The lowest BCUT2D eigenvalue weighted by Gasteiger charge is -2.34. The highest BCUT2D eigenvalue weighted by Gasteiger charge is 2.36. The first-order valence-corrected chi connectivity index (χ1v) is 9.64. The van der Waals surface area contributed by atoms with Gasteiger partial charge in [0.15, 0.2) is 15.9 Å². The molecule has 7 nitrogen and oxygen atoms in total. The number of fused-ring (bicyclic) bond motifs is 1. The van der Waals surface area contributed by atoms with Crippen molar-refractivity contribution in [2.75, 3.05) is 30.0 Å². The van der Waals surface area contributed by atoms with Gasteiger partial charge in [-0.2, -0.15) is 0 Å². The molecular formula is C16H20N2O5S. The van der Waals surface area contributed by atoms with Gasteiger partial charge in [0.1, 0.15) is 12.3 Å². The maximum absolute atomic E-state index is 12.6. The quantitative estimate of drug-likeness (QED) is 0.788. The fraction of sp³-hybridized carbons (Fsp3) is 0.500. The largest absolute Gasteiger partial charge is 0.479 e. The molecule has 1 saturated heterocycles. The molecule has 2 atom stereocenters. The van der Waals surface area contributed by atoms with E-state index in [1.54, 1.807) is 38.2 Å². The van der Waals surface area contributed by atoms with Gasteiger partial charge in [-0.15, -0.1) is 0 Å². The van der Waals surface area contributed by atoms with Gasteiger partial charge in [0, 0.05) is 13.1 Å². The summed E-state index contributed by atoms with van der Waals surface area (Å²) in [5.74, 6) is 0.0811. The summed E-state index contributed by atoms with van der Waals surface area (Å²) in [6, 6.07) is 6.73. The third-order valence-electron chi connectivity index (χ3n) is 4.52. The molecule has 0 radical (unpaired) electrons. The number of hydrogen-bond acceptors (Lipinski definition) is 5. The average molecular weight is 352 g/mol. The van der Waals surface area contributed by atoms with Crippen LogP contribution in [0, 0.1) is 0 Å². The molecule has 0 N–H and O–H groups in total. The molecule has 2 heterocycles. The average Bonchev–Trinajstić information content (AvgIpc) is 2.90. The van der Waals surface area contributed by atoms with Crippen molar-refractivity contribution in [2.45, 2.75) is 25.5 Å². The van der Waals surface area contributed by atoms with Crippen LogP contribution in [0.15, 0.2) is 24.3 Å². The Kier molecular flexibility index (Phi) is 4.25. The number of anilines is 1. The molecule has 1 fully saturated rings. The van der Waals surface area contributed by atoms with E-state index in [0.29, 0.717) is 17.9 Å². The number of likely N-dealkylation sites (N-methyl/N-ethyl adjacent to an activating group) is 1. The third kappa shape index (κ3) is 3.10. The lowest BCUT2D eigenvalue weighted by molar-refractivity contribution is -0.133. The van der Waals surface area contributed by atoms with E-state index < -0.39 is 15.9 Å². The monoisotopic (exact) mass is 352 g/mol. The van der Waals surface area contributed by atoms with E-state index in [0.717, 1.165) is 0 Å². The summed E-state index contributed by atoms with van der Waals surface area (Å²) in [7, 11) is -1.48. The molecule has 2 amide bonds. The third-order valence-corrected chi connectivity index (χ3v) is 6.27. The van der Waals surface area contributed by atoms with Crippen molar-refractivity contribution in [2.24, 2.45) is 0 Å². The standard InChI is InChI=1S/C16H20N2O5S/c1-11-16(20)18(13-5-3-4-6-14(13)23-11)9-15(19)17(2)12-7-8-24(21,22)10-12/h3-6,11-12H,7-10H2,1-2H3/t11-,12-/m0/s1. The Balaban J connectivity index is 1.77. The number of rotatable bonds is 3. The summed E-state index contributed by atoms with van der Waals surface area (Å²) in [6.45, 7) is 1.51. The van der Waals surface area contributed by atoms with Crippen molar-refractivity contribution < 1.29 is 22.7 Å². The molecule has 3 rings (SSSR count). The van der Waals surface area contributed by atoms with Gasteiger partial charge in [-0.1, -0.05) is 12.1 Å². The normalized spacial score (nSPS) is 25.1. The Morgan fingerprint density at radius 2 is 2.08 bits per heavy atom. The van der Waals surface area contributed by atoms with Crippen molar-refractivity contribution in [1.82, 2.24) is 4.90 Å². The van der Waals surface area contributed by atoms with Crippen molar-refractivity contribution in [3.05, 3.63) is 24.3 Å². The van der Waals surface area contributed by atoms with Crippen molar-refractivity contribution in [1.29, 1.82) is 0 Å². The van der Waals surface area contributed by atoms with Crippen LogP contribution >= 0.6 is 0 Å². The SMILES string of the molecule is C[C@@H]1Oc2ccccc2N(CC(=O)N(C)[C@H]2CCS(=O)(=O)C2)C1=O. The number of ether oxygens (including phenoxy) is 1. The molecule has 0 aliphatic carbocycles. The van der Waals surface area contributed by atoms with Gasteiger partial charge >= 0.3 is 0 Å². The second-order valence-corrected chi connectivity index (χ2v) is 8.44. The number of hydrogen-bond donors (Lipinski definition) is 0. The number of carbonyl (C=O) groups excluding carboxylic acids is 2. The Bertz CT molecular complexity index is 776. The minimum Gasteiger partial charge on any atom is -0.479 e. The first kappa shape index (κ1) is 16.8. The number of carbonyl (C=O) groups is 2. The van der Waals surface area contributed by atoms with E-state index in [-0.39, 0.29) is 35.9 Å². The lowest BCUT2D eigenvalue weighted by atomic mass is 10.1. The van der Waals surface area contributed by atoms with Crippen molar-refractivity contribution in [3.63, 3.8) is 0 Å². The first-order valence-electron chi connectivity index (χ1n) is 7.81. The fourth-order valence-corrected chi connectivity index (χ4v) is 4.83. The zero-order chi connectivity index (χ0) is 17.5. The molecule has 2 aliphatic heterocycles. The Labute approximate surface area is 141 Å². The molecule has 130 valence electrons. The van der Waals surface area contributed by atoms with Gasteiger partial charge in [-0.05, 0) is 25.5 Å². The van der Waals surface area contributed by atoms with Crippen LogP contribution in [0.2, 0.25) is 0 Å². The topological polar surface area (TPSA) is 84.0 Å².